The molecule has 2 rings (SSSR count). The van der Waals surface area contributed by atoms with Crippen LogP contribution in [0.5, 0.6) is 0 Å². The van der Waals surface area contributed by atoms with Gasteiger partial charge in [0.1, 0.15) is 0 Å². The van der Waals surface area contributed by atoms with Crippen LogP contribution < -0.4 is 21.1 Å². The van der Waals surface area contributed by atoms with Gasteiger partial charge in [0.2, 0.25) is 10.0 Å². The van der Waals surface area contributed by atoms with Crippen LogP contribution in [-0.4, -0.2) is 20.7 Å². The normalized spacial score (nSPS) is 10.9. The van der Waals surface area contributed by atoms with E-state index in [1.165, 1.54) is 18.2 Å². The van der Waals surface area contributed by atoms with Gasteiger partial charge in [-0.2, -0.15) is 0 Å². The number of hydrogen-bond donors (Lipinski definition) is 4. The molecule has 2 amide bonds. The largest absolute Gasteiger partial charge is 0.398 e. The van der Waals surface area contributed by atoms with Crippen LogP contribution in [0.1, 0.15) is 0 Å². The summed E-state index contributed by atoms with van der Waals surface area (Å²) in [5.41, 5.74) is 7.42. The first-order valence-electron chi connectivity index (χ1n) is 6.44. The fourth-order valence-corrected chi connectivity index (χ4v) is 2.48. The average Bonchev–Trinajstić information content (AvgIpc) is 2.43. The monoisotopic (exact) mass is 354 g/mol. The zero-order valence-corrected chi connectivity index (χ0v) is 13.7. The Morgan fingerprint density at radius 3 is 2.09 bits per heavy atom. The number of rotatable bonds is 4. The standard InChI is InChI=1S/C14H15ClN4O3S/c1-23(21,22)19-10-4-2-9(3-5-10)17-14(20)18-11-6-7-13(16)12(15)8-11/h2-8,19H,16H2,1H3,(H2,17,18,20). The minimum atomic E-state index is -3.33. The predicted molar refractivity (Wildman–Crippen MR) is 93.4 cm³/mol. The number of nitrogens with two attached hydrogens (primary N) is 1. The predicted octanol–water partition coefficient (Wildman–Crippen LogP) is 2.94. The van der Waals surface area contributed by atoms with Crippen LogP contribution in [0.3, 0.4) is 0 Å². The van der Waals surface area contributed by atoms with E-state index >= 15 is 0 Å². The average molecular weight is 355 g/mol. The van der Waals surface area contributed by atoms with Crippen molar-refractivity contribution in [1.29, 1.82) is 0 Å². The van der Waals surface area contributed by atoms with Crippen LogP contribution in [0.25, 0.3) is 0 Å². The lowest BCUT2D eigenvalue weighted by Crippen LogP contribution is -2.19. The topological polar surface area (TPSA) is 113 Å². The second-order valence-electron chi connectivity index (χ2n) is 4.77. The first kappa shape index (κ1) is 16.9. The molecule has 0 atom stereocenters. The fourth-order valence-electron chi connectivity index (χ4n) is 1.73. The summed E-state index contributed by atoms with van der Waals surface area (Å²) in [6, 6.07) is 10.5. The minimum Gasteiger partial charge on any atom is -0.398 e. The molecule has 9 heteroatoms. The first-order valence-corrected chi connectivity index (χ1v) is 8.71. The molecule has 0 aliphatic heterocycles. The summed E-state index contributed by atoms with van der Waals surface area (Å²) in [6.07, 6.45) is 1.06. The third-order valence-electron chi connectivity index (χ3n) is 2.70. The molecular formula is C14H15ClN4O3S. The van der Waals surface area contributed by atoms with Gasteiger partial charge >= 0.3 is 6.03 Å². The lowest BCUT2D eigenvalue weighted by Gasteiger charge is -2.09. The number of urea groups is 1. The van der Waals surface area contributed by atoms with Crippen molar-refractivity contribution >= 4 is 50.4 Å². The van der Waals surface area contributed by atoms with E-state index in [0.29, 0.717) is 27.8 Å². The number of carbonyl (C=O) groups is 1. The van der Waals surface area contributed by atoms with Gasteiger partial charge in [0.15, 0.2) is 0 Å². The fraction of sp³-hybridized carbons (Fsp3) is 0.0714. The SMILES string of the molecule is CS(=O)(=O)Nc1ccc(NC(=O)Nc2ccc(N)c(Cl)c2)cc1. The highest BCUT2D eigenvalue weighted by atomic mass is 35.5. The molecule has 2 aromatic carbocycles. The van der Waals surface area contributed by atoms with Gasteiger partial charge in [-0.3, -0.25) is 4.72 Å². The van der Waals surface area contributed by atoms with Crippen LogP contribution in [0, 0.1) is 0 Å². The zero-order valence-electron chi connectivity index (χ0n) is 12.1. The van der Waals surface area contributed by atoms with Gasteiger partial charge in [-0.05, 0) is 42.5 Å². The third-order valence-corrected chi connectivity index (χ3v) is 3.64. The van der Waals surface area contributed by atoms with E-state index in [2.05, 4.69) is 15.4 Å². The van der Waals surface area contributed by atoms with Crippen molar-refractivity contribution in [2.24, 2.45) is 0 Å². The Hall–Kier alpha value is -2.45. The van der Waals surface area contributed by atoms with Crippen LogP contribution in [0.4, 0.5) is 27.5 Å². The van der Waals surface area contributed by atoms with E-state index in [-0.39, 0.29) is 0 Å². The Morgan fingerprint density at radius 1 is 1.00 bits per heavy atom. The molecule has 5 N–H and O–H groups in total. The summed E-state index contributed by atoms with van der Waals surface area (Å²) in [6.45, 7) is 0. The van der Waals surface area contributed by atoms with E-state index in [9.17, 15) is 13.2 Å². The highest BCUT2D eigenvalue weighted by Gasteiger charge is 2.06. The summed E-state index contributed by atoms with van der Waals surface area (Å²) in [5.74, 6) is 0. The number of sulfonamides is 1. The Kier molecular flexibility index (Phi) is 4.97. The van der Waals surface area contributed by atoms with Crippen LogP contribution in [0.15, 0.2) is 42.5 Å². The van der Waals surface area contributed by atoms with Crippen molar-refractivity contribution in [2.75, 3.05) is 27.3 Å². The number of hydrogen-bond acceptors (Lipinski definition) is 4. The molecule has 0 bridgehead atoms. The van der Waals surface area contributed by atoms with E-state index in [0.717, 1.165) is 6.26 Å². The summed E-state index contributed by atoms with van der Waals surface area (Å²) in [7, 11) is -3.33. The molecule has 0 radical (unpaired) electrons. The number of nitrogens with one attached hydrogen (secondary N) is 3. The van der Waals surface area contributed by atoms with Crippen LogP contribution >= 0.6 is 11.6 Å². The quantitative estimate of drug-likeness (QED) is 0.632. The minimum absolute atomic E-state index is 0.346. The van der Waals surface area contributed by atoms with Crippen molar-refractivity contribution in [3.63, 3.8) is 0 Å². The van der Waals surface area contributed by atoms with Gasteiger partial charge in [0.05, 0.1) is 17.0 Å². The molecule has 122 valence electrons. The Bertz CT molecular complexity index is 822. The highest BCUT2D eigenvalue weighted by Crippen LogP contribution is 2.22. The number of nitrogen functional groups attached to an aromatic ring is 1. The Balaban J connectivity index is 1.98. The number of carbonyl (C=O) groups excluding carboxylic acids is 1. The summed E-state index contributed by atoms with van der Waals surface area (Å²) in [4.78, 5) is 11.9. The number of anilines is 4. The van der Waals surface area contributed by atoms with Gasteiger partial charge in [-0.1, -0.05) is 11.6 Å². The van der Waals surface area contributed by atoms with Crippen LogP contribution in [-0.2, 0) is 10.0 Å². The number of amides is 2. The third kappa shape index (κ3) is 5.35. The summed E-state index contributed by atoms with van der Waals surface area (Å²) >= 11 is 5.87. The second kappa shape index (κ2) is 6.76. The van der Waals surface area contributed by atoms with Gasteiger partial charge < -0.3 is 16.4 Å². The van der Waals surface area contributed by atoms with Gasteiger partial charge in [-0.15, -0.1) is 0 Å². The molecule has 23 heavy (non-hydrogen) atoms. The zero-order chi connectivity index (χ0) is 17.0. The number of benzene rings is 2. The van der Waals surface area contributed by atoms with Gasteiger partial charge in [-0.25, -0.2) is 13.2 Å². The number of halogens is 1. The molecule has 0 unspecified atom stereocenters. The lowest BCUT2D eigenvalue weighted by atomic mass is 10.3. The molecule has 0 spiro atoms. The van der Waals surface area contributed by atoms with Crippen molar-refractivity contribution in [3.8, 4) is 0 Å². The first-order chi connectivity index (χ1) is 10.7. The molecular weight excluding hydrogens is 340 g/mol. The van der Waals surface area contributed by atoms with E-state index in [4.69, 9.17) is 17.3 Å². The Labute approximate surface area is 138 Å². The molecule has 0 saturated heterocycles. The van der Waals surface area contributed by atoms with Gasteiger partial charge in [0, 0.05) is 17.1 Å². The molecule has 0 aromatic heterocycles. The van der Waals surface area contributed by atoms with E-state index < -0.39 is 16.1 Å². The molecule has 0 saturated carbocycles. The van der Waals surface area contributed by atoms with Crippen molar-refractivity contribution in [2.45, 2.75) is 0 Å². The van der Waals surface area contributed by atoms with Crippen molar-refractivity contribution in [1.82, 2.24) is 0 Å². The maximum atomic E-state index is 11.9. The lowest BCUT2D eigenvalue weighted by molar-refractivity contribution is 0.262. The highest BCUT2D eigenvalue weighted by molar-refractivity contribution is 7.92. The smallest absolute Gasteiger partial charge is 0.323 e. The molecule has 7 nitrogen and oxygen atoms in total. The van der Waals surface area contributed by atoms with E-state index in [1.54, 1.807) is 24.3 Å². The summed E-state index contributed by atoms with van der Waals surface area (Å²) in [5, 5.41) is 5.57. The molecule has 0 fully saturated rings. The second-order valence-corrected chi connectivity index (χ2v) is 6.92. The van der Waals surface area contributed by atoms with Crippen LogP contribution in [0.2, 0.25) is 5.02 Å². The van der Waals surface area contributed by atoms with E-state index in [1.807, 2.05) is 0 Å². The van der Waals surface area contributed by atoms with Crippen molar-refractivity contribution < 1.29 is 13.2 Å². The molecule has 0 heterocycles. The maximum absolute atomic E-state index is 11.9. The molecule has 2 aromatic rings. The summed E-state index contributed by atoms with van der Waals surface area (Å²) < 4.78 is 24.5. The molecule has 0 aliphatic rings. The maximum Gasteiger partial charge on any atom is 0.323 e. The molecule has 0 aliphatic carbocycles. The Morgan fingerprint density at radius 2 is 1.52 bits per heavy atom. The van der Waals surface area contributed by atoms with Gasteiger partial charge in [0.25, 0.3) is 0 Å². The van der Waals surface area contributed by atoms with Crippen molar-refractivity contribution in [3.05, 3.63) is 47.5 Å².